The van der Waals surface area contributed by atoms with Crippen molar-refractivity contribution in [3.8, 4) is 5.75 Å². The van der Waals surface area contributed by atoms with Crippen LogP contribution in [0.25, 0.3) is 0 Å². The minimum atomic E-state index is -5.10. The number of rotatable bonds is 13. The molecule has 240 valence electrons. The molecule has 1 fully saturated rings. The van der Waals surface area contributed by atoms with Crippen molar-refractivity contribution in [1.29, 1.82) is 0 Å². The maximum Gasteiger partial charge on any atom is 0.427 e. The van der Waals surface area contributed by atoms with E-state index in [2.05, 4.69) is 15.1 Å². The first-order chi connectivity index (χ1) is 20.4. The van der Waals surface area contributed by atoms with Crippen LogP contribution in [0, 0.1) is 0 Å². The maximum atomic E-state index is 13.7. The molecule has 0 spiro atoms. The summed E-state index contributed by atoms with van der Waals surface area (Å²) in [5.74, 6) is -4.21. The molecule has 9 N–H and O–H groups in total. The average Bonchev–Trinajstić information content (AvgIpc) is 3.33. The predicted molar refractivity (Wildman–Crippen MR) is 147 cm³/mol. The van der Waals surface area contributed by atoms with E-state index in [1.807, 2.05) is 5.32 Å². The number of nitrogen functional groups attached to an aromatic ring is 1. The third kappa shape index (κ3) is 7.89. The number of carboxylic acid groups (broad SMARTS) is 1. The molecule has 1 saturated heterocycles. The highest BCUT2D eigenvalue weighted by molar-refractivity contribution is 7.84. The number of benzene rings is 1. The van der Waals surface area contributed by atoms with E-state index < -0.39 is 80.5 Å². The summed E-state index contributed by atoms with van der Waals surface area (Å²) in [6, 6.07) is 2.89. The van der Waals surface area contributed by atoms with E-state index in [1.54, 1.807) is 0 Å². The quantitative estimate of drug-likeness (QED) is 0.0502. The van der Waals surface area contributed by atoms with Gasteiger partial charge >= 0.3 is 22.4 Å². The smallest absolute Gasteiger partial charge is 0.427 e. The number of oxime groups is 1. The fourth-order valence-corrected chi connectivity index (χ4v) is 5.21. The number of amides is 2. The highest BCUT2D eigenvalue weighted by Crippen LogP contribution is 2.38. The Bertz CT molecular complexity index is 1580. The molecule has 1 aliphatic rings. The standard InChI is InChI=1S/C22H25F3N8O9S2/c1-9-13(19(35)33(9)44(38,39)40)30-18(34)15(14-16(22(23,24)25)43-21(28)31-14)32-42-12(20(36)37)8-41-11-4-2-10(3-5-11)17(27)29-7-6-26/h2-5,9,12-13H,6-8,26H2,1H3,(H2,27,29)(H2,28,31)(H,30,34)(H,36,37)(H,38,39,40)/b32-15-/t9-,12-,13-/m0/s1. The van der Waals surface area contributed by atoms with Crippen molar-refractivity contribution in [2.45, 2.75) is 31.3 Å². The highest BCUT2D eigenvalue weighted by atomic mass is 32.2. The molecule has 2 amide bonds. The first-order valence-corrected chi connectivity index (χ1v) is 14.3. The molecule has 2 aromatic rings. The number of thiazole rings is 1. The molecule has 3 atom stereocenters. The number of aromatic nitrogens is 1. The van der Waals surface area contributed by atoms with Gasteiger partial charge in [-0.1, -0.05) is 16.5 Å². The Hall–Kier alpha value is -4.54. The summed E-state index contributed by atoms with van der Waals surface area (Å²) in [7, 11) is -4.99. The number of anilines is 1. The van der Waals surface area contributed by atoms with Crippen LogP contribution in [0.4, 0.5) is 18.3 Å². The van der Waals surface area contributed by atoms with Gasteiger partial charge in [-0.2, -0.15) is 21.6 Å². The number of nitrogens with two attached hydrogens (primary N) is 3. The summed E-state index contributed by atoms with van der Waals surface area (Å²) < 4.78 is 78.3. The number of hydrogen-bond donors (Lipinski definition) is 6. The third-order valence-electron chi connectivity index (χ3n) is 5.72. The molecule has 0 radical (unpaired) electrons. The summed E-state index contributed by atoms with van der Waals surface area (Å²) in [6.45, 7) is 0.930. The zero-order valence-corrected chi connectivity index (χ0v) is 24.0. The number of ether oxygens (including phenoxy) is 1. The molecule has 22 heteroatoms. The molecule has 1 aliphatic heterocycles. The third-order valence-corrected chi connectivity index (χ3v) is 7.66. The number of aliphatic carboxylic acids is 1. The monoisotopic (exact) mass is 666 g/mol. The number of aliphatic imine (C=N–C) groups is 1. The van der Waals surface area contributed by atoms with E-state index in [9.17, 15) is 41.1 Å². The number of carbonyl (C=O) groups is 3. The van der Waals surface area contributed by atoms with Crippen LogP contribution >= 0.6 is 11.3 Å². The van der Waals surface area contributed by atoms with Crippen molar-refractivity contribution < 1.29 is 55.2 Å². The topological polar surface area (TPSA) is 275 Å². The van der Waals surface area contributed by atoms with Crippen LogP contribution in [-0.2, 0) is 35.7 Å². The van der Waals surface area contributed by atoms with E-state index in [-0.39, 0.29) is 33.8 Å². The van der Waals surface area contributed by atoms with Crippen LogP contribution in [-0.4, -0.2) is 94.6 Å². The number of alkyl halides is 3. The lowest BCUT2D eigenvalue weighted by Crippen LogP contribution is -2.71. The molecule has 0 bridgehead atoms. The first-order valence-electron chi connectivity index (χ1n) is 12.1. The van der Waals surface area contributed by atoms with Crippen molar-refractivity contribution in [2.24, 2.45) is 21.6 Å². The molecule has 0 aliphatic carbocycles. The maximum absolute atomic E-state index is 13.7. The van der Waals surface area contributed by atoms with Crippen molar-refractivity contribution in [3.05, 3.63) is 40.4 Å². The van der Waals surface area contributed by atoms with Crippen molar-refractivity contribution in [2.75, 3.05) is 25.4 Å². The lowest BCUT2D eigenvalue weighted by molar-refractivity contribution is -0.152. The predicted octanol–water partition coefficient (Wildman–Crippen LogP) is -0.821. The van der Waals surface area contributed by atoms with Crippen LogP contribution in [0.2, 0.25) is 0 Å². The normalized spacial score (nSPS) is 18.4. The zero-order chi connectivity index (χ0) is 33.0. The van der Waals surface area contributed by atoms with Crippen molar-refractivity contribution in [1.82, 2.24) is 14.6 Å². The van der Waals surface area contributed by atoms with Gasteiger partial charge < -0.3 is 37.2 Å². The van der Waals surface area contributed by atoms with Gasteiger partial charge in [-0.3, -0.25) is 19.1 Å². The van der Waals surface area contributed by atoms with Gasteiger partial charge in [0.05, 0.1) is 12.6 Å². The lowest BCUT2D eigenvalue weighted by atomic mass is 10.0. The summed E-state index contributed by atoms with van der Waals surface area (Å²) in [6.07, 6.45) is -7.09. The Morgan fingerprint density at radius 2 is 1.91 bits per heavy atom. The molecule has 1 aromatic carbocycles. The molecular formula is C22H25F3N8O9S2. The summed E-state index contributed by atoms with van der Waals surface area (Å²) in [4.78, 5) is 47.9. The number of carboxylic acids is 1. The van der Waals surface area contributed by atoms with Gasteiger partial charge in [0.25, 0.3) is 17.9 Å². The van der Waals surface area contributed by atoms with Gasteiger partial charge in [0.2, 0.25) is 0 Å². The molecule has 0 saturated carbocycles. The number of halogens is 3. The second-order valence-electron chi connectivity index (χ2n) is 8.79. The molecule has 3 rings (SSSR count). The second-order valence-corrected chi connectivity index (χ2v) is 11.1. The summed E-state index contributed by atoms with van der Waals surface area (Å²) in [5.41, 5.74) is 14.7. The van der Waals surface area contributed by atoms with E-state index in [4.69, 9.17) is 31.3 Å². The van der Waals surface area contributed by atoms with Gasteiger partial charge in [-0.25, -0.2) is 14.1 Å². The Morgan fingerprint density at radius 1 is 1.27 bits per heavy atom. The van der Waals surface area contributed by atoms with E-state index in [1.165, 1.54) is 24.3 Å². The molecule has 0 unspecified atom stereocenters. The minimum absolute atomic E-state index is 0.0267. The number of hydrogen-bond acceptors (Lipinski definition) is 13. The van der Waals surface area contributed by atoms with Gasteiger partial charge in [0, 0.05) is 12.1 Å². The number of amidine groups is 1. The molecule has 2 heterocycles. The van der Waals surface area contributed by atoms with Crippen LogP contribution in [0.1, 0.15) is 23.1 Å². The second kappa shape index (κ2) is 13.4. The van der Waals surface area contributed by atoms with Crippen LogP contribution in [0.3, 0.4) is 0 Å². The van der Waals surface area contributed by atoms with Crippen molar-refractivity contribution in [3.63, 3.8) is 0 Å². The Kier molecular flexibility index (Phi) is 10.3. The minimum Gasteiger partial charge on any atom is -0.489 e. The van der Waals surface area contributed by atoms with Gasteiger partial charge in [0.1, 0.15) is 34.8 Å². The largest absolute Gasteiger partial charge is 0.489 e. The van der Waals surface area contributed by atoms with Crippen molar-refractivity contribution >= 4 is 56.1 Å². The zero-order valence-electron chi connectivity index (χ0n) is 22.4. The van der Waals surface area contributed by atoms with Gasteiger partial charge in [-0.05, 0) is 31.2 Å². The molecular weight excluding hydrogens is 641 g/mol. The Labute approximate surface area is 250 Å². The number of nitrogens with zero attached hydrogens (tertiary/aromatic N) is 4. The van der Waals surface area contributed by atoms with E-state index >= 15 is 0 Å². The fourth-order valence-electron chi connectivity index (χ4n) is 3.63. The van der Waals surface area contributed by atoms with Crippen LogP contribution in [0.15, 0.2) is 34.4 Å². The fraction of sp³-hybridized carbons (Fsp3) is 0.364. The van der Waals surface area contributed by atoms with Crippen LogP contribution in [0.5, 0.6) is 5.75 Å². The average molecular weight is 667 g/mol. The molecule has 44 heavy (non-hydrogen) atoms. The highest BCUT2D eigenvalue weighted by Gasteiger charge is 2.52. The first kappa shape index (κ1) is 34.0. The number of nitrogens with one attached hydrogen (secondary N) is 1. The van der Waals surface area contributed by atoms with Gasteiger partial charge in [-0.15, -0.1) is 0 Å². The number of carbonyl (C=O) groups excluding carboxylic acids is 2. The summed E-state index contributed by atoms with van der Waals surface area (Å²) in [5, 5.41) is 14.2. The number of β-lactam (4-membered cyclic amide) rings is 1. The van der Waals surface area contributed by atoms with Crippen LogP contribution < -0.4 is 27.3 Å². The lowest BCUT2D eigenvalue weighted by Gasteiger charge is -2.42. The van der Waals surface area contributed by atoms with E-state index in [0.717, 1.165) is 6.92 Å². The Balaban J connectivity index is 1.86. The SMILES string of the molecule is C[C@H]1[C@H](NC(=O)/C(=N\O[C@@H](COc2ccc(C(N)=NCCN)cc2)C(=O)O)c2nc(N)sc2C(F)(F)F)C(=O)N1S(=O)(=O)O. The van der Waals surface area contributed by atoms with E-state index in [0.29, 0.717) is 12.1 Å². The molecule has 17 nitrogen and oxygen atoms in total. The summed E-state index contributed by atoms with van der Waals surface area (Å²) >= 11 is -0.0609. The molecule has 1 aromatic heterocycles. The Morgan fingerprint density at radius 3 is 2.43 bits per heavy atom. The van der Waals surface area contributed by atoms with Gasteiger partial charge in [0.15, 0.2) is 10.8 Å².